The number of halogens is 1. The van der Waals surface area contributed by atoms with Crippen LogP contribution in [0.1, 0.15) is 27.2 Å². The fourth-order valence-corrected chi connectivity index (χ4v) is 1.61. The second-order valence-corrected chi connectivity index (χ2v) is 4.58. The number of nitrogens with one attached hydrogen (secondary N) is 2. The van der Waals surface area contributed by atoms with Crippen LogP contribution in [0.25, 0.3) is 0 Å². The van der Waals surface area contributed by atoms with Crippen LogP contribution in [0.3, 0.4) is 0 Å². The van der Waals surface area contributed by atoms with Gasteiger partial charge in [0.2, 0.25) is 0 Å². The number of hydrogen-bond donors (Lipinski definition) is 2. The molecule has 1 saturated heterocycles. The van der Waals surface area contributed by atoms with Crippen LogP contribution >= 0.6 is 0 Å². The van der Waals surface area contributed by atoms with E-state index in [-0.39, 0.29) is 11.6 Å². The van der Waals surface area contributed by atoms with E-state index in [4.69, 9.17) is 0 Å². The maximum absolute atomic E-state index is 12.9. The third kappa shape index (κ3) is 3.50. The van der Waals surface area contributed by atoms with Gasteiger partial charge in [0.05, 0.1) is 0 Å². The Morgan fingerprint density at radius 3 is 2.50 bits per heavy atom. The smallest absolute Gasteiger partial charge is 0.114 e. The molecule has 0 saturated carbocycles. The Hall–Kier alpha value is -0.150. The minimum Gasteiger partial charge on any atom is -0.312 e. The van der Waals surface area contributed by atoms with Crippen LogP contribution < -0.4 is 10.6 Å². The van der Waals surface area contributed by atoms with Crippen LogP contribution in [0.15, 0.2) is 0 Å². The van der Waals surface area contributed by atoms with E-state index in [1.165, 1.54) is 0 Å². The molecule has 2 N–H and O–H groups in total. The van der Waals surface area contributed by atoms with E-state index in [2.05, 4.69) is 31.4 Å². The Morgan fingerprint density at radius 1 is 1.33 bits per heavy atom. The number of rotatable bonds is 1. The van der Waals surface area contributed by atoms with Gasteiger partial charge < -0.3 is 10.6 Å². The molecule has 0 unspecified atom stereocenters. The predicted molar refractivity (Wildman–Crippen MR) is 49.1 cm³/mol. The number of piperidine rings is 1. The van der Waals surface area contributed by atoms with Crippen molar-refractivity contribution in [2.75, 3.05) is 13.1 Å². The molecule has 3 heteroatoms. The van der Waals surface area contributed by atoms with Crippen molar-refractivity contribution in [3.8, 4) is 0 Å². The topological polar surface area (TPSA) is 24.1 Å². The van der Waals surface area contributed by atoms with Crippen LogP contribution in [0.4, 0.5) is 4.39 Å². The maximum Gasteiger partial charge on any atom is 0.114 e. The highest BCUT2D eigenvalue weighted by molar-refractivity contribution is 4.85. The minimum atomic E-state index is -0.682. The minimum absolute atomic E-state index is 0.0867. The van der Waals surface area contributed by atoms with Crippen LogP contribution in [0.2, 0.25) is 0 Å². The van der Waals surface area contributed by atoms with Gasteiger partial charge >= 0.3 is 0 Å². The van der Waals surface area contributed by atoms with Gasteiger partial charge in [-0.1, -0.05) is 0 Å². The molecule has 0 aromatic rings. The van der Waals surface area contributed by atoms with Crippen molar-refractivity contribution in [3.05, 3.63) is 0 Å². The first kappa shape index (κ1) is 9.93. The normalized spacial score (nSPS) is 32.0. The lowest BCUT2D eigenvalue weighted by Gasteiger charge is -2.32. The average molecular weight is 174 g/mol. The first-order valence-corrected chi connectivity index (χ1v) is 4.60. The Balaban J connectivity index is 2.32. The van der Waals surface area contributed by atoms with Crippen molar-refractivity contribution >= 4 is 0 Å². The van der Waals surface area contributed by atoms with Gasteiger partial charge in [0.25, 0.3) is 0 Å². The van der Waals surface area contributed by atoms with E-state index in [1.807, 2.05) is 0 Å². The van der Waals surface area contributed by atoms with Crippen molar-refractivity contribution in [1.82, 2.24) is 10.6 Å². The number of alkyl halides is 1. The van der Waals surface area contributed by atoms with Gasteiger partial charge in [0.15, 0.2) is 0 Å². The fourth-order valence-electron chi connectivity index (χ4n) is 1.61. The van der Waals surface area contributed by atoms with E-state index >= 15 is 0 Å². The summed E-state index contributed by atoms with van der Waals surface area (Å²) in [4.78, 5) is 0. The first-order valence-electron chi connectivity index (χ1n) is 4.60. The van der Waals surface area contributed by atoms with E-state index in [0.717, 1.165) is 6.54 Å². The Bertz CT molecular complexity index is 142. The summed E-state index contributed by atoms with van der Waals surface area (Å²) < 4.78 is 12.9. The summed E-state index contributed by atoms with van der Waals surface area (Å²) in [6.07, 6.45) is -0.0387. The second-order valence-electron chi connectivity index (χ2n) is 4.58. The molecule has 0 spiro atoms. The Morgan fingerprint density at radius 2 is 2.00 bits per heavy atom. The molecule has 12 heavy (non-hydrogen) atoms. The summed E-state index contributed by atoms with van der Waals surface area (Å²) in [5.74, 6) is 0. The van der Waals surface area contributed by atoms with Crippen LogP contribution in [0.5, 0.6) is 0 Å². The molecule has 2 atom stereocenters. The Kier molecular flexibility index (Phi) is 3.07. The molecule has 0 aliphatic carbocycles. The Labute approximate surface area is 73.9 Å². The zero-order valence-corrected chi connectivity index (χ0v) is 8.15. The van der Waals surface area contributed by atoms with E-state index in [1.54, 1.807) is 0 Å². The molecule has 0 aromatic carbocycles. The SMILES string of the molecule is CC(C)(C)N[C@H]1CNC[C@@H](F)C1. The average Bonchev–Trinajstić information content (AvgIpc) is 1.82. The van der Waals surface area contributed by atoms with Gasteiger partial charge in [-0.05, 0) is 27.2 Å². The third-order valence-electron chi connectivity index (χ3n) is 1.93. The summed E-state index contributed by atoms with van der Waals surface area (Å²) in [5, 5.41) is 6.46. The number of hydrogen-bond acceptors (Lipinski definition) is 2. The zero-order valence-electron chi connectivity index (χ0n) is 8.15. The largest absolute Gasteiger partial charge is 0.312 e. The lowest BCUT2D eigenvalue weighted by Crippen LogP contribution is -2.53. The quantitative estimate of drug-likeness (QED) is 0.621. The first-order chi connectivity index (χ1) is 5.47. The third-order valence-corrected chi connectivity index (χ3v) is 1.93. The molecule has 1 heterocycles. The standard InChI is InChI=1S/C9H19FN2/c1-9(2,3)12-8-4-7(10)5-11-6-8/h7-8,11-12H,4-6H2,1-3H3/t7-,8+/m0/s1. The molecule has 0 bridgehead atoms. The van der Waals surface area contributed by atoms with Gasteiger partial charge in [0, 0.05) is 24.7 Å². The highest BCUT2D eigenvalue weighted by Gasteiger charge is 2.24. The summed E-state index contributed by atoms with van der Waals surface area (Å²) in [5.41, 5.74) is 0.0867. The molecule has 0 radical (unpaired) electrons. The lowest BCUT2D eigenvalue weighted by atomic mass is 10.0. The summed E-state index contributed by atoms with van der Waals surface area (Å²) in [7, 11) is 0. The zero-order chi connectivity index (χ0) is 9.19. The highest BCUT2D eigenvalue weighted by Crippen LogP contribution is 2.10. The van der Waals surface area contributed by atoms with E-state index in [9.17, 15) is 4.39 Å². The molecule has 1 fully saturated rings. The summed E-state index contributed by atoms with van der Waals surface area (Å²) >= 11 is 0. The predicted octanol–water partition coefficient (Wildman–Crippen LogP) is 1.07. The molecular weight excluding hydrogens is 155 g/mol. The van der Waals surface area contributed by atoms with Crippen molar-refractivity contribution in [2.24, 2.45) is 0 Å². The summed E-state index contributed by atoms with van der Waals surface area (Å²) in [6.45, 7) is 7.72. The molecule has 1 aliphatic rings. The molecule has 0 amide bonds. The fraction of sp³-hybridized carbons (Fsp3) is 1.00. The van der Waals surface area contributed by atoms with Crippen molar-refractivity contribution in [1.29, 1.82) is 0 Å². The molecule has 1 aliphatic heterocycles. The van der Waals surface area contributed by atoms with Crippen molar-refractivity contribution in [2.45, 2.75) is 44.9 Å². The van der Waals surface area contributed by atoms with Crippen LogP contribution in [0, 0.1) is 0 Å². The molecule has 72 valence electrons. The molecule has 2 nitrogen and oxygen atoms in total. The van der Waals surface area contributed by atoms with Crippen molar-refractivity contribution < 1.29 is 4.39 Å². The van der Waals surface area contributed by atoms with Crippen LogP contribution in [-0.2, 0) is 0 Å². The van der Waals surface area contributed by atoms with Gasteiger partial charge in [-0.25, -0.2) is 4.39 Å². The monoisotopic (exact) mass is 174 g/mol. The van der Waals surface area contributed by atoms with E-state index in [0.29, 0.717) is 13.0 Å². The van der Waals surface area contributed by atoms with Crippen LogP contribution in [-0.4, -0.2) is 30.8 Å². The molecule has 0 aromatic heterocycles. The van der Waals surface area contributed by atoms with Gasteiger partial charge in [-0.15, -0.1) is 0 Å². The highest BCUT2D eigenvalue weighted by atomic mass is 19.1. The van der Waals surface area contributed by atoms with Gasteiger partial charge in [0.1, 0.15) is 6.17 Å². The maximum atomic E-state index is 12.9. The second kappa shape index (κ2) is 3.71. The molecular formula is C9H19FN2. The van der Waals surface area contributed by atoms with Gasteiger partial charge in [-0.3, -0.25) is 0 Å². The lowest BCUT2D eigenvalue weighted by molar-refractivity contribution is 0.207. The van der Waals surface area contributed by atoms with Gasteiger partial charge in [-0.2, -0.15) is 0 Å². The summed E-state index contributed by atoms with van der Waals surface area (Å²) in [6, 6.07) is 0.286. The van der Waals surface area contributed by atoms with E-state index < -0.39 is 6.17 Å². The molecule has 1 rings (SSSR count). The van der Waals surface area contributed by atoms with Crippen molar-refractivity contribution in [3.63, 3.8) is 0 Å².